The summed E-state index contributed by atoms with van der Waals surface area (Å²) in [7, 11) is 0. The third-order valence-corrected chi connectivity index (χ3v) is 5.19. The van der Waals surface area contributed by atoms with Gasteiger partial charge in [-0.05, 0) is 24.3 Å². The molecule has 12 nitrogen and oxygen atoms in total. The second kappa shape index (κ2) is 7.65. The molecule has 5 rings (SSSR count). The Morgan fingerprint density at radius 3 is 2.06 bits per heavy atom. The third kappa shape index (κ3) is 3.17. The molecule has 0 aromatic heterocycles. The van der Waals surface area contributed by atoms with E-state index in [9.17, 15) is 20.4 Å². The van der Waals surface area contributed by atoms with E-state index in [1.165, 1.54) is 12.1 Å². The Kier molecular flexibility index (Phi) is 4.66. The fraction of sp³-hybridized carbons (Fsp3) is 0.200. The van der Waals surface area contributed by atoms with Gasteiger partial charge in [0.2, 0.25) is 11.9 Å². The van der Waals surface area contributed by atoms with E-state index in [2.05, 4.69) is 41.7 Å². The second-order valence-corrected chi connectivity index (χ2v) is 7.17. The second-order valence-electron chi connectivity index (χ2n) is 7.17. The first-order valence-corrected chi connectivity index (χ1v) is 9.90. The summed E-state index contributed by atoms with van der Waals surface area (Å²) in [6.07, 6.45) is 0. The van der Waals surface area contributed by atoms with Crippen molar-refractivity contribution in [3.05, 3.63) is 24.3 Å². The lowest BCUT2D eigenvalue weighted by Gasteiger charge is -2.17. The van der Waals surface area contributed by atoms with Crippen LogP contribution in [-0.2, 0) is 0 Å². The normalized spacial score (nSPS) is 15.6. The molecule has 12 heteroatoms. The third-order valence-electron chi connectivity index (χ3n) is 5.19. The Bertz CT molecular complexity index is 1330. The largest absolute Gasteiger partial charge is 0.507 e. The molecule has 0 saturated heterocycles. The van der Waals surface area contributed by atoms with Crippen LogP contribution in [0.2, 0.25) is 0 Å². The Morgan fingerprint density at radius 1 is 0.719 bits per heavy atom. The maximum atomic E-state index is 11.1. The highest BCUT2D eigenvalue weighted by molar-refractivity contribution is 6.20. The number of guanidine groups is 2. The minimum Gasteiger partial charge on any atom is -0.507 e. The average Bonchev–Trinajstić information content (AvgIpc) is 3.50. The summed E-state index contributed by atoms with van der Waals surface area (Å²) in [5.74, 6) is -0.436. The van der Waals surface area contributed by atoms with E-state index in [0.717, 1.165) is 0 Å². The molecule has 0 fully saturated rings. The standard InChI is InChI=1S/C20H20N8O4/c29-11-3-4-12(30)16-15(11)17(31)13-9(25-27-19-21-5-6-22-19)1-2-10(14(13)18(16)32)26-28-20-23-7-8-24-20/h1-4,25,29-32H,5-8H2,(H,23,24)(H2,21,22,27). The molecule has 0 bridgehead atoms. The molecule has 2 aliphatic heterocycles. The van der Waals surface area contributed by atoms with E-state index >= 15 is 0 Å². The van der Waals surface area contributed by atoms with Crippen LogP contribution in [0, 0.1) is 0 Å². The summed E-state index contributed by atoms with van der Waals surface area (Å²) >= 11 is 0. The number of benzene rings is 3. The van der Waals surface area contributed by atoms with Crippen LogP contribution in [0.25, 0.3) is 21.5 Å². The van der Waals surface area contributed by atoms with Crippen molar-refractivity contribution in [2.75, 3.05) is 31.6 Å². The van der Waals surface area contributed by atoms with Crippen molar-refractivity contribution in [3.8, 4) is 23.0 Å². The molecule has 0 spiro atoms. The maximum Gasteiger partial charge on any atom is 0.238 e. The van der Waals surface area contributed by atoms with Crippen molar-refractivity contribution in [1.82, 2.24) is 16.1 Å². The number of aromatic hydroxyl groups is 4. The first kappa shape index (κ1) is 19.5. The molecule has 2 aliphatic rings. The van der Waals surface area contributed by atoms with Crippen LogP contribution in [-0.4, -0.2) is 58.5 Å². The molecule has 3 aromatic carbocycles. The van der Waals surface area contributed by atoms with Gasteiger partial charge in [-0.2, -0.15) is 0 Å². The van der Waals surface area contributed by atoms with Gasteiger partial charge in [-0.15, -0.1) is 10.2 Å². The predicted molar refractivity (Wildman–Crippen MR) is 120 cm³/mol. The van der Waals surface area contributed by atoms with Gasteiger partial charge in [0.15, 0.2) is 0 Å². The summed E-state index contributed by atoms with van der Waals surface area (Å²) < 4.78 is 0. The van der Waals surface area contributed by atoms with Crippen LogP contribution in [0.3, 0.4) is 0 Å². The summed E-state index contributed by atoms with van der Waals surface area (Å²) in [6, 6.07) is 5.70. The smallest absolute Gasteiger partial charge is 0.238 e. The van der Waals surface area contributed by atoms with E-state index in [1.54, 1.807) is 12.1 Å². The number of anilines is 1. The van der Waals surface area contributed by atoms with Crippen molar-refractivity contribution in [2.24, 2.45) is 20.2 Å². The molecular weight excluding hydrogens is 416 g/mol. The van der Waals surface area contributed by atoms with Gasteiger partial charge in [0.05, 0.1) is 46.0 Å². The molecule has 164 valence electrons. The lowest BCUT2D eigenvalue weighted by atomic mass is 9.97. The van der Waals surface area contributed by atoms with Crippen LogP contribution in [0.15, 0.2) is 44.5 Å². The highest BCUT2D eigenvalue weighted by Gasteiger charge is 2.23. The van der Waals surface area contributed by atoms with Crippen molar-refractivity contribution < 1.29 is 20.4 Å². The van der Waals surface area contributed by atoms with Crippen LogP contribution >= 0.6 is 0 Å². The fourth-order valence-corrected chi connectivity index (χ4v) is 3.74. The van der Waals surface area contributed by atoms with E-state index < -0.39 is 0 Å². The summed E-state index contributed by atoms with van der Waals surface area (Å²) in [6.45, 7) is 2.58. The molecular formula is C20H20N8O4. The monoisotopic (exact) mass is 436 g/mol. The Balaban J connectivity index is 1.74. The van der Waals surface area contributed by atoms with Gasteiger partial charge in [0, 0.05) is 13.1 Å². The van der Waals surface area contributed by atoms with Crippen LogP contribution < -0.4 is 21.5 Å². The van der Waals surface area contributed by atoms with E-state index in [-0.39, 0.29) is 50.2 Å². The minimum atomic E-state index is -0.364. The molecule has 8 N–H and O–H groups in total. The van der Waals surface area contributed by atoms with Crippen LogP contribution in [0.5, 0.6) is 23.0 Å². The lowest BCUT2D eigenvalue weighted by Crippen LogP contribution is -2.37. The molecule has 0 amide bonds. The number of hydrogen-bond donors (Lipinski definition) is 8. The number of phenolic OH excluding ortho intramolecular Hbond substituents is 4. The molecule has 0 atom stereocenters. The number of azo groups is 1. The van der Waals surface area contributed by atoms with Gasteiger partial charge in [0.1, 0.15) is 23.0 Å². The zero-order valence-electron chi connectivity index (χ0n) is 16.7. The minimum absolute atomic E-state index is 0.0923. The van der Waals surface area contributed by atoms with Gasteiger partial charge in [-0.1, -0.05) is 0 Å². The number of nitrogens with one attached hydrogen (secondary N) is 4. The molecule has 3 aromatic rings. The lowest BCUT2D eigenvalue weighted by molar-refractivity contribution is 0.451. The zero-order valence-corrected chi connectivity index (χ0v) is 16.7. The highest BCUT2D eigenvalue weighted by Crippen LogP contribution is 2.52. The fourth-order valence-electron chi connectivity index (χ4n) is 3.74. The molecule has 0 unspecified atom stereocenters. The number of aliphatic imine (C=N–C) groups is 2. The van der Waals surface area contributed by atoms with Gasteiger partial charge >= 0.3 is 0 Å². The van der Waals surface area contributed by atoms with E-state index in [4.69, 9.17) is 0 Å². The van der Waals surface area contributed by atoms with Crippen molar-refractivity contribution in [3.63, 3.8) is 0 Å². The van der Waals surface area contributed by atoms with Crippen molar-refractivity contribution in [2.45, 2.75) is 0 Å². The van der Waals surface area contributed by atoms with Gasteiger partial charge < -0.3 is 31.1 Å². The topological polar surface area (TPSA) is 178 Å². The number of nitrogens with zero attached hydrogens (tertiary/aromatic N) is 4. The zero-order chi connectivity index (χ0) is 22.2. The van der Waals surface area contributed by atoms with Crippen LogP contribution in [0.4, 0.5) is 11.4 Å². The first-order chi connectivity index (χ1) is 15.5. The number of phenols is 4. The highest BCUT2D eigenvalue weighted by atomic mass is 16.3. The molecule has 0 aliphatic carbocycles. The van der Waals surface area contributed by atoms with Gasteiger partial charge in [-0.3, -0.25) is 15.8 Å². The summed E-state index contributed by atoms with van der Waals surface area (Å²) in [4.78, 5) is 8.39. The summed E-state index contributed by atoms with van der Waals surface area (Å²) in [5, 5.41) is 57.3. The number of hydrazine groups is 1. The molecule has 0 saturated carbocycles. The Morgan fingerprint density at radius 2 is 1.41 bits per heavy atom. The van der Waals surface area contributed by atoms with E-state index in [1.807, 2.05) is 0 Å². The van der Waals surface area contributed by atoms with Crippen molar-refractivity contribution >= 4 is 44.8 Å². The van der Waals surface area contributed by atoms with Gasteiger partial charge in [-0.25, -0.2) is 4.99 Å². The van der Waals surface area contributed by atoms with E-state index in [0.29, 0.717) is 43.8 Å². The summed E-state index contributed by atoms with van der Waals surface area (Å²) in [5.41, 5.74) is 6.47. The van der Waals surface area contributed by atoms with Crippen LogP contribution in [0.1, 0.15) is 0 Å². The number of rotatable bonds is 3. The maximum absolute atomic E-state index is 11.1. The predicted octanol–water partition coefficient (Wildman–Crippen LogP) is 1.73. The Labute approximate surface area is 181 Å². The quantitative estimate of drug-likeness (QED) is 0.132. The number of hydrogen-bond acceptors (Lipinski definition) is 12. The molecule has 2 heterocycles. The molecule has 0 radical (unpaired) electrons. The number of fused-ring (bicyclic) bond motifs is 2. The SMILES string of the molecule is Oc1ccc(O)c2c(O)c3c(NNC4=NCCN4)ccc(N=NC4=NCCN4)c3c(O)c12. The molecule has 32 heavy (non-hydrogen) atoms. The van der Waals surface area contributed by atoms with Crippen molar-refractivity contribution in [1.29, 1.82) is 0 Å². The van der Waals surface area contributed by atoms with Gasteiger partial charge in [0.25, 0.3) is 0 Å². The average molecular weight is 436 g/mol. The first-order valence-electron chi connectivity index (χ1n) is 9.90. The Hall–Kier alpha value is -4.48.